The molecule has 3 fully saturated rings. The quantitative estimate of drug-likeness (QED) is 0.174. The van der Waals surface area contributed by atoms with Gasteiger partial charge in [0.25, 0.3) is 0 Å². The fourth-order valence-corrected chi connectivity index (χ4v) is 8.92. The molecule has 3 aliphatic rings. The Bertz CT molecular complexity index is 2310. The van der Waals surface area contributed by atoms with E-state index in [1.165, 1.54) is 5.56 Å². The molecule has 1 saturated carbocycles. The number of anilines is 1. The first-order valence-corrected chi connectivity index (χ1v) is 18.3. The van der Waals surface area contributed by atoms with Crippen LogP contribution in [0.5, 0.6) is 5.75 Å². The molecule has 2 aromatic carbocycles. The van der Waals surface area contributed by atoms with Crippen molar-refractivity contribution in [2.75, 3.05) is 18.8 Å². The molecule has 1 aliphatic carbocycles. The van der Waals surface area contributed by atoms with Crippen LogP contribution in [-0.2, 0) is 9.59 Å². The standard InChI is InChI=1S/C40H41N9O3/c41-38-31(21-32(45-46-38)29-5-2-4-8-35(29)50)25-22-43-48(23-25)27-16-19-47(20-17-27)26-11-9-24(10-12-26)28-15-18-42-39-37(28)30-6-1-3-7-33(30)49(39)34-13-14-36(51)44-40(34)52/h1-8,15,18,21-24,26-27,34,50H,9-14,16-17,19-20H2,(H2,41,46)(H,44,51,52). The summed E-state index contributed by atoms with van der Waals surface area (Å²) in [6.07, 6.45) is 13.1. The minimum atomic E-state index is -0.455. The summed E-state index contributed by atoms with van der Waals surface area (Å²) in [5, 5.41) is 28.3. The fraction of sp³-hybridized carbons (Fsp3) is 0.350. The Balaban J connectivity index is 0.871. The molecule has 2 aliphatic heterocycles. The van der Waals surface area contributed by atoms with Gasteiger partial charge in [0.2, 0.25) is 11.8 Å². The minimum absolute atomic E-state index is 0.147. The third kappa shape index (κ3) is 5.67. The first-order valence-electron chi connectivity index (χ1n) is 18.3. The summed E-state index contributed by atoms with van der Waals surface area (Å²) < 4.78 is 4.13. The van der Waals surface area contributed by atoms with Crippen molar-refractivity contribution < 1.29 is 14.7 Å². The number of hydrogen-bond acceptors (Lipinski definition) is 9. The van der Waals surface area contributed by atoms with Gasteiger partial charge in [-0.1, -0.05) is 30.3 Å². The molecule has 4 aromatic heterocycles. The molecule has 1 atom stereocenters. The van der Waals surface area contributed by atoms with Crippen LogP contribution in [0.2, 0.25) is 0 Å². The Kier molecular flexibility index (Phi) is 8.18. The van der Waals surface area contributed by atoms with Gasteiger partial charge in [0.15, 0.2) is 5.82 Å². The molecule has 264 valence electrons. The number of nitrogens with zero attached hydrogens (tertiary/aromatic N) is 7. The molecule has 12 nitrogen and oxygen atoms in total. The van der Waals surface area contributed by atoms with Gasteiger partial charge in [0.05, 0.1) is 23.4 Å². The van der Waals surface area contributed by atoms with E-state index in [9.17, 15) is 14.7 Å². The second kappa shape index (κ2) is 13.2. The average Bonchev–Trinajstić information content (AvgIpc) is 3.80. The summed E-state index contributed by atoms with van der Waals surface area (Å²) in [5.74, 6) is 0.436. The zero-order chi connectivity index (χ0) is 35.3. The Morgan fingerprint density at radius 2 is 1.63 bits per heavy atom. The number of para-hydroxylation sites is 2. The van der Waals surface area contributed by atoms with Crippen molar-refractivity contribution in [3.63, 3.8) is 0 Å². The number of aromatic nitrogens is 6. The number of benzene rings is 2. The van der Waals surface area contributed by atoms with Crippen LogP contribution in [0.1, 0.15) is 74.9 Å². The van der Waals surface area contributed by atoms with Crippen LogP contribution in [-0.4, -0.2) is 70.5 Å². The number of phenols is 1. The summed E-state index contributed by atoms with van der Waals surface area (Å²) >= 11 is 0. The average molecular weight is 696 g/mol. The van der Waals surface area contributed by atoms with Gasteiger partial charge in [-0.15, -0.1) is 10.2 Å². The number of nitrogens with two attached hydrogens (primary N) is 1. The fourth-order valence-electron chi connectivity index (χ4n) is 8.92. The van der Waals surface area contributed by atoms with E-state index in [2.05, 4.69) is 60.1 Å². The van der Waals surface area contributed by atoms with Crippen molar-refractivity contribution in [2.24, 2.45) is 0 Å². The van der Waals surface area contributed by atoms with Crippen LogP contribution in [0.25, 0.3) is 44.3 Å². The van der Waals surface area contributed by atoms with E-state index in [4.69, 9.17) is 15.8 Å². The van der Waals surface area contributed by atoms with Crippen molar-refractivity contribution >= 4 is 39.6 Å². The van der Waals surface area contributed by atoms with Crippen LogP contribution in [0.15, 0.2) is 79.3 Å². The lowest BCUT2D eigenvalue weighted by molar-refractivity contribution is -0.135. The molecule has 4 N–H and O–H groups in total. The molecular weight excluding hydrogens is 655 g/mol. The van der Waals surface area contributed by atoms with Gasteiger partial charge in [-0.05, 0) is 86.8 Å². The number of rotatable bonds is 6. The Hall–Kier alpha value is -5.62. The molecule has 0 bridgehead atoms. The van der Waals surface area contributed by atoms with Crippen molar-refractivity contribution in [1.82, 2.24) is 39.7 Å². The van der Waals surface area contributed by atoms with Gasteiger partial charge in [-0.3, -0.25) is 19.6 Å². The van der Waals surface area contributed by atoms with E-state index < -0.39 is 6.04 Å². The van der Waals surface area contributed by atoms with Gasteiger partial charge in [0.1, 0.15) is 17.4 Å². The maximum atomic E-state index is 13.0. The van der Waals surface area contributed by atoms with E-state index in [0.717, 1.165) is 84.7 Å². The van der Waals surface area contributed by atoms with E-state index in [0.29, 0.717) is 47.9 Å². The monoisotopic (exact) mass is 695 g/mol. The topological polar surface area (TPSA) is 157 Å². The summed E-state index contributed by atoms with van der Waals surface area (Å²) in [6.45, 7) is 2.06. The lowest BCUT2D eigenvalue weighted by atomic mass is 9.80. The number of imide groups is 1. The number of carbonyl (C=O) groups excluding carboxylic acids is 2. The summed E-state index contributed by atoms with van der Waals surface area (Å²) in [6, 6.07) is 19.8. The molecule has 1 unspecified atom stereocenters. The molecular formula is C40H41N9O3. The predicted octanol–water partition coefficient (Wildman–Crippen LogP) is 6.14. The summed E-state index contributed by atoms with van der Waals surface area (Å²) in [7, 11) is 0. The van der Waals surface area contributed by atoms with Crippen LogP contribution in [0.3, 0.4) is 0 Å². The number of piperidine rings is 2. The molecule has 52 heavy (non-hydrogen) atoms. The first kappa shape index (κ1) is 32.3. The minimum Gasteiger partial charge on any atom is -0.507 e. The second-order valence-electron chi connectivity index (χ2n) is 14.5. The van der Waals surface area contributed by atoms with Crippen molar-refractivity contribution in [3.05, 3.63) is 84.8 Å². The summed E-state index contributed by atoms with van der Waals surface area (Å²) in [5.41, 5.74) is 12.2. The smallest absolute Gasteiger partial charge is 0.249 e. The lowest BCUT2D eigenvalue weighted by Crippen LogP contribution is -2.43. The zero-order valence-electron chi connectivity index (χ0n) is 28.9. The van der Waals surface area contributed by atoms with Crippen molar-refractivity contribution in [1.29, 1.82) is 0 Å². The molecule has 0 spiro atoms. The number of likely N-dealkylation sites (tertiary alicyclic amines) is 1. The lowest BCUT2D eigenvalue weighted by Gasteiger charge is -2.41. The first-order chi connectivity index (χ1) is 25.4. The third-order valence-corrected chi connectivity index (χ3v) is 11.6. The molecule has 9 rings (SSSR count). The van der Waals surface area contributed by atoms with Crippen LogP contribution < -0.4 is 11.1 Å². The molecule has 2 amide bonds. The van der Waals surface area contributed by atoms with E-state index in [1.54, 1.807) is 12.1 Å². The largest absolute Gasteiger partial charge is 0.507 e. The highest BCUT2D eigenvalue weighted by Gasteiger charge is 2.34. The maximum Gasteiger partial charge on any atom is 0.249 e. The number of fused-ring (bicyclic) bond motifs is 3. The molecule has 0 radical (unpaired) electrons. The maximum absolute atomic E-state index is 13.0. The number of aromatic hydroxyl groups is 1. The number of carbonyl (C=O) groups is 2. The van der Waals surface area contributed by atoms with E-state index in [1.807, 2.05) is 36.7 Å². The van der Waals surface area contributed by atoms with Gasteiger partial charge >= 0.3 is 0 Å². The third-order valence-electron chi connectivity index (χ3n) is 11.6. The van der Waals surface area contributed by atoms with Crippen molar-refractivity contribution in [2.45, 2.75) is 75.4 Å². The van der Waals surface area contributed by atoms with E-state index >= 15 is 0 Å². The number of pyridine rings is 1. The number of phenolic OH excluding ortho intramolecular Hbond substituents is 1. The molecule has 6 aromatic rings. The summed E-state index contributed by atoms with van der Waals surface area (Å²) in [4.78, 5) is 32.4. The van der Waals surface area contributed by atoms with Gasteiger partial charge in [0, 0.05) is 65.4 Å². The molecule has 12 heteroatoms. The predicted molar refractivity (Wildman–Crippen MR) is 198 cm³/mol. The van der Waals surface area contributed by atoms with Gasteiger partial charge in [-0.2, -0.15) is 5.10 Å². The Morgan fingerprint density at radius 3 is 2.44 bits per heavy atom. The number of nitrogen functional groups attached to an aromatic ring is 1. The zero-order valence-corrected chi connectivity index (χ0v) is 28.9. The normalized spacial score (nSPS) is 21.9. The number of nitrogens with one attached hydrogen (secondary N) is 1. The highest BCUT2D eigenvalue weighted by atomic mass is 16.3. The van der Waals surface area contributed by atoms with Gasteiger partial charge < -0.3 is 20.3 Å². The number of hydrogen-bond donors (Lipinski definition) is 3. The van der Waals surface area contributed by atoms with E-state index in [-0.39, 0.29) is 17.6 Å². The highest BCUT2D eigenvalue weighted by Crippen LogP contribution is 2.43. The SMILES string of the molecule is Nc1nnc(-c2ccccc2O)cc1-c1cnn(C2CCN(C3CCC(c4ccnc5c4c4ccccc4n5C4CCC(=O)NC4=O)CC3)CC2)c1. The second-order valence-corrected chi connectivity index (χ2v) is 14.5. The van der Waals surface area contributed by atoms with Crippen LogP contribution in [0, 0.1) is 0 Å². The molecule has 2 saturated heterocycles. The van der Waals surface area contributed by atoms with Gasteiger partial charge in [-0.25, -0.2) is 4.98 Å². The Morgan fingerprint density at radius 1 is 0.846 bits per heavy atom. The van der Waals surface area contributed by atoms with Crippen LogP contribution >= 0.6 is 0 Å². The van der Waals surface area contributed by atoms with Crippen LogP contribution in [0.4, 0.5) is 5.82 Å². The highest BCUT2D eigenvalue weighted by molar-refractivity contribution is 6.10. The number of amides is 2. The van der Waals surface area contributed by atoms with Crippen molar-refractivity contribution in [3.8, 4) is 28.1 Å². The Labute approximate surface area is 300 Å². The molecule has 6 heterocycles.